The van der Waals surface area contributed by atoms with Gasteiger partial charge in [-0.25, -0.2) is 4.79 Å². The van der Waals surface area contributed by atoms with Gasteiger partial charge in [-0.05, 0) is 29.8 Å². The molecule has 2 aromatic carbocycles. The van der Waals surface area contributed by atoms with Gasteiger partial charge in [-0.15, -0.1) is 0 Å². The minimum Gasteiger partial charge on any atom is -0.508 e. The topological polar surface area (TPSA) is 78.4 Å². The summed E-state index contributed by atoms with van der Waals surface area (Å²) in [7, 11) is 3.17. The van der Waals surface area contributed by atoms with E-state index in [9.17, 15) is 14.7 Å². The van der Waals surface area contributed by atoms with Crippen molar-refractivity contribution in [1.29, 1.82) is 0 Å². The highest BCUT2D eigenvalue weighted by atomic mass is 79.9. The lowest BCUT2D eigenvalue weighted by Gasteiger charge is -2.27. The summed E-state index contributed by atoms with van der Waals surface area (Å²) in [6.07, 6.45) is -0.526. The van der Waals surface area contributed by atoms with E-state index in [1.807, 2.05) is 30.3 Å². The Morgan fingerprint density at radius 2 is 1.84 bits per heavy atom. The number of nitrogens with zero attached hydrogens (tertiary/aromatic N) is 3. The summed E-state index contributed by atoms with van der Waals surface area (Å²) in [5.41, 5.74) is 2.94. The third-order valence-electron chi connectivity index (χ3n) is 5.82. The molecule has 0 aliphatic carbocycles. The molecule has 0 saturated carbocycles. The van der Waals surface area contributed by atoms with Crippen molar-refractivity contribution in [3.8, 4) is 17.0 Å². The van der Waals surface area contributed by atoms with Gasteiger partial charge >= 0.3 is 5.69 Å². The Morgan fingerprint density at radius 3 is 2.58 bits per heavy atom. The van der Waals surface area contributed by atoms with Crippen LogP contribution in [0.5, 0.6) is 5.75 Å². The molecule has 1 aliphatic rings. The number of aryl methyl sites for hydroxylation is 1. The molecule has 1 atom stereocenters. The first-order valence-corrected chi connectivity index (χ1v) is 10.7. The van der Waals surface area contributed by atoms with Crippen LogP contribution in [0, 0.1) is 0 Å². The van der Waals surface area contributed by atoms with Crippen LogP contribution >= 0.6 is 15.9 Å². The average molecular weight is 482 g/mol. The van der Waals surface area contributed by atoms with Crippen molar-refractivity contribution < 1.29 is 9.84 Å². The van der Waals surface area contributed by atoms with Crippen molar-refractivity contribution in [2.75, 3.05) is 6.61 Å². The molecule has 8 heteroatoms. The van der Waals surface area contributed by atoms with Gasteiger partial charge in [0.1, 0.15) is 11.9 Å². The largest absolute Gasteiger partial charge is 0.508 e. The van der Waals surface area contributed by atoms with E-state index in [4.69, 9.17) is 4.74 Å². The highest BCUT2D eigenvalue weighted by molar-refractivity contribution is 9.10. The number of halogens is 1. The van der Waals surface area contributed by atoms with E-state index in [1.54, 1.807) is 25.2 Å². The molecule has 2 aromatic heterocycles. The van der Waals surface area contributed by atoms with E-state index < -0.39 is 11.8 Å². The summed E-state index contributed by atoms with van der Waals surface area (Å²) in [5, 5.41) is 10.5. The Balaban J connectivity index is 1.96. The van der Waals surface area contributed by atoms with Crippen molar-refractivity contribution in [2.24, 2.45) is 14.1 Å². The second-order valence-corrected chi connectivity index (χ2v) is 8.59. The Kier molecular flexibility index (Phi) is 4.64. The molecule has 158 valence electrons. The van der Waals surface area contributed by atoms with Gasteiger partial charge < -0.3 is 14.4 Å². The van der Waals surface area contributed by atoms with E-state index in [-0.39, 0.29) is 11.3 Å². The maximum atomic E-state index is 13.3. The zero-order valence-corrected chi connectivity index (χ0v) is 18.6. The summed E-state index contributed by atoms with van der Waals surface area (Å²) >= 11 is 3.52. The molecule has 0 radical (unpaired) electrons. The van der Waals surface area contributed by atoms with Crippen LogP contribution < -0.4 is 11.2 Å². The van der Waals surface area contributed by atoms with E-state index in [1.165, 1.54) is 11.6 Å². The minimum absolute atomic E-state index is 0.131. The summed E-state index contributed by atoms with van der Waals surface area (Å²) in [6.45, 7) is 0.974. The Morgan fingerprint density at radius 1 is 1.06 bits per heavy atom. The number of fused-ring (bicyclic) bond motifs is 3. The van der Waals surface area contributed by atoms with Gasteiger partial charge in [-0.1, -0.05) is 40.2 Å². The molecule has 0 amide bonds. The molecule has 0 fully saturated rings. The average Bonchev–Trinajstić information content (AvgIpc) is 3.11. The Labute approximate surface area is 185 Å². The molecule has 0 bridgehead atoms. The molecule has 0 spiro atoms. The first kappa shape index (κ1) is 19.8. The lowest BCUT2D eigenvalue weighted by molar-refractivity contribution is 0.0477. The van der Waals surface area contributed by atoms with Crippen LogP contribution in [0.25, 0.3) is 22.2 Å². The number of benzene rings is 2. The van der Waals surface area contributed by atoms with Gasteiger partial charge in [-0.2, -0.15) is 0 Å². The van der Waals surface area contributed by atoms with Crippen molar-refractivity contribution in [3.05, 3.63) is 85.1 Å². The van der Waals surface area contributed by atoms with Crippen LogP contribution in [-0.2, 0) is 25.4 Å². The third kappa shape index (κ3) is 2.97. The summed E-state index contributed by atoms with van der Waals surface area (Å²) in [6, 6.07) is 14.6. The number of rotatable bonds is 2. The fourth-order valence-electron chi connectivity index (χ4n) is 4.46. The lowest BCUT2D eigenvalue weighted by atomic mass is 10.0. The second-order valence-electron chi connectivity index (χ2n) is 7.67. The van der Waals surface area contributed by atoms with Gasteiger partial charge in [0.2, 0.25) is 0 Å². The van der Waals surface area contributed by atoms with Crippen molar-refractivity contribution in [1.82, 2.24) is 13.7 Å². The number of hydrogen-bond donors (Lipinski definition) is 1. The number of aromatic nitrogens is 3. The quantitative estimate of drug-likeness (QED) is 0.476. The second kappa shape index (κ2) is 7.25. The Bertz CT molecular complexity index is 1460. The lowest BCUT2D eigenvalue weighted by Crippen LogP contribution is -2.37. The van der Waals surface area contributed by atoms with Crippen LogP contribution in [0.15, 0.2) is 62.6 Å². The third-order valence-corrected chi connectivity index (χ3v) is 6.32. The van der Waals surface area contributed by atoms with Gasteiger partial charge in [0.25, 0.3) is 5.56 Å². The SMILES string of the molecule is Cn1c(=O)c2c(-c3cccc(Br)c3)n3c(c2n(C)c1=O)[C@@H](c1cccc(O)c1)OCC3. The fourth-order valence-corrected chi connectivity index (χ4v) is 4.86. The number of phenolic OH excluding ortho intramolecular Hbond substituents is 1. The van der Waals surface area contributed by atoms with E-state index in [0.717, 1.165) is 31.6 Å². The van der Waals surface area contributed by atoms with Crippen molar-refractivity contribution in [2.45, 2.75) is 12.6 Å². The van der Waals surface area contributed by atoms with Crippen LogP contribution in [0.3, 0.4) is 0 Å². The minimum atomic E-state index is -0.526. The van der Waals surface area contributed by atoms with Crippen LogP contribution in [0.1, 0.15) is 17.4 Å². The molecule has 4 aromatic rings. The molecule has 31 heavy (non-hydrogen) atoms. The predicted molar refractivity (Wildman–Crippen MR) is 121 cm³/mol. The van der Waals surface area contributed by atoms with E-state index >= 15 is 0 Å². The molecule has 3 heterocycles. The molecule has 0 unspecified atom stereocenters. The molecule has 5 rings (SSSR count). The summed E-state index contributed by atoms with van der Waals surface area (Å²) in [4.78, 5) is 26.2. The van der Waals surface area contributed by atoms with Gasteiger partial charge in [0.05, 0.1) is 28.9 Å². The van der Waals surface area contributed by atoms with Crippen molar-refractivity contribution >= 4 is 26.8 Å². The highest BCUT2D eigenvalue weighted by Crippen LogP contribution is 2.41. The number of ether oxygens (including phenoxy) is 1. The predicted octanol–water partition coefficient (Wildman–Crippen LogP) is 3.29. The number of hydrogen-bond acceptors (Lipinski definition) is 4. The first-order valence-electron chi connectivity index (χ1n) is 9.87. The molecular formula is C23H20BrN3O4. The molecular weight excluding hydrogens is 462 g/mol. The van der Waals surface area contributed by atoms with Gasteiger partial charge in [0, 0.05) is 30.7 Å². The summed E-state index contributed by atoms with van der Waals surface area (Å²) in [5.74, 6) is 0.131. The summed E-state index contributed by atoms with van der Waals surface area (Å²) < 4.78 is 11.7. The number of phenols is 1. The monoisotopic (exact) mass is 481 g/mol. The normalized spacial score (nSPS) is 15.9. The smallest absolute Gasteiger partial charge is 0.331 e. The zero-order valence-electron chi connectivity index (χ0n) is 17.0. The van der Waals surface area contributed by atoms with Crippen LogP contribution in [0.4, 0.5) is 0 Å². The molecule has 1 aliphatic heterocycles. The van der Waals surface area contributed by atoms with Gasteiger partial charge in [0.15, 0.2) is 0 Å². The molecule has 1 N–H and O–H groups in total. The van der Waals surface area contributed by atoms with Gasteiger partial charge in [-0.3, -0.25) is 13.9 Å². The molecule has 7 nitrogen and oxygen atoms in total. The van der Waals surface area contributed by atoms with Crippen LogP contribution in [-0.4, -0.2) is 25.4 Å². The zero-order chi connectivity index (χ0) is 21.9. The fraction of sp³-hybridized carbons (Fsp3) is 0.217. The van der Waals surface area contributed by atoms with E-state index in [0.29, 0.717) is 24.1 Å². The molecule has 0 saturated heterocycles. The van der Waals surface area contributed by atoms with E-state index in [2.05, 4.69) is 20.5 Å². The van der Waals surface area contributed by atoms with Crippen molar-refractivity contribution in [3.63, 3.8) is 0 Å². The Hall–Kier alpha value is -3.10. The standard InChI is InChI=1S/C23H20BrN3O4/c1-25-19-17(22(29)26(2)23(25)30)18(13-5-3-7-15(24)11-13)27-9-10-31-21(20(19)27)14-6-4-8-16(28)12-14/h3-8,11-12,21,28H,9-10H2,1-2H3/t21-/m1/s1. The maximum Gasteiger partial charge on any atom is 0.331 e. The highest BCUT2D eigenvalue weighted by Gasteiger charge is 2.33. The number of aromatic hydroxyl groups is 1. The first-order chi connectivity index (χ1) is 14.9. The van der Waals surface area contributed by atoms with Crippen LogP contribution in [0.2, 0.25) is 0 Å². The maximum absolute atomic E-state index is 13.3.